The summed E-state index contributed by atoms with van der Waals surface area (Å²) in [7, 11) is 0. The number of benzene rings is 1. The smallest absolute Gasteiger partial charge is 0.324 e. The first-order valence-corrected chi connectivity index (χ1v) is 6.45. The van der Waals surface area contributed by atoms with Crippen molar-refractivity contribution in [3.8, 4) is 0 Å². The third kappa shape index (κ3) is 4.23. The molecule has 2 unspecified atom stereocenters. The van der Waals surface area contributed by atoms with Crippen LogP contribution in [0.2, 0.25) is 0 Å². The van der Waals surface area contributed by atoms with Crippen LogP contribution in [-0.4, -0.2) is 0 Å². The van der Waals surface area contributed by atoms with Gasteiger partial charge in [-0.3, -0.25) is 0 Å². The Kier molecular flexibility index (Phi) is 4.67. The molecule has 4 heteroatoms. The molecule has 0 aliphatic heterocycles. The van der Waals surface area contributed by atoms with Gasteiger partial charge in [-0.25, -0.2) is 0 Å². The Morgan fingerprint density at radius 1 is 1.11 bits per heavy atom. The molecule has 0 spiro atoms. The van der Waals surface area contributed by atoms with Crippen LogP contribution in [0, 0.1) is 11.3 Å². The second kappa shape index (κ2) is 5.53. The molecule has 0 amide bonds. The van der Waals surface area contributed by atoms with Gasteiger partial charge in [0.1, 0.15) is 0 Å². The van der Waals surface area contributed by atoms with Gasteiger partial charge in [-0.15, -0.1) is 0 Å². The van der Waals surface area contributed by atoms with Crippen molar-refractivity contribution in [2.24, 2.45) is 17.1 Å². The Labute approximate surface area is 113 Å². The predicted molar refractivity (Wildman–Crippen MR) is 71.6 cm³/mol. The average molecular weight is 273 g/mol. The molecule has 19 heavy (non-hydrogen) atoms. The molecule has 2 atom stereocenters. The van der Waals surface area contributed by atoms with Crippen LogP contribution in [-0.2, 0) is 6.18 Å². The van der Waals surface area contributed by atoms with Crippen LogP contribution >= 0.6 is 0 Å². The van der Waals surface area contributed by atoms with Crippen molar-refractivity contribution in [2.45, 2.75) is 46.3 Å². The summed E-state index contributed by atoms with van der Waals surface area (Å²) in [6, 6.07) is 4.98. The van der Waals surface area contributed by atoms with Crippen LogP contribution < -0.4 is 5.73 Å². The average Bonchev–Trinajstić information content (AvgIpc) is 2.26. The molecule has 0 aromatic heterocycles. The zero-order valence-corrected chi connectivity index (χ0v) is 11.9. The van der Waals surface area contributed by atoms with Crippen LogP contribution in [0.4, 0.5) is 13.2 Å². The minimum Gasteiger partial charge on any atom is -0.324 e. The van der Waals surface area contributed by atoms with E-state index in [-0.39, 0.29) is 16.9 Å². The van der Waals surface area contributed by atoms with Gasteiger partial charge in [0.2, 0.25) is 0 Å². The molecule has 0 aliphatic rings. The van der Waals surface area contributed by atoms with Gasteiger partial charge in [0.05, 0.1) is 5.56 Å². The monoisotopic (exact) mass is 273 g/mol. The number of halogens is 3. The molecule has 1 nitrogen and oxygen atoms in total. The van der Waals surface area contributed by atoms with Gasteiger partial charge in [0.25, 0.3) is 0 Å². The van der Waals surface area contributed by atoms with E-state index in [2.05, 4.69) is 20.8 Å². The summed E-state index contributed by atoms with van der Waals surface area (Å²) in [5.74, 6) is 0.240. The molecule has 1 aromatic carbocycles. The third-order valence-electron chi connectivity index (χ3n) is 3.75. The maximum atomic E-state index is 12.9. The summed E-state index contributed by atoms with van der Waals surface area (Å²) in [5, 5.41) is 0. The highest BCUT2D eigenvalue weighted by Crippen LogP contribution is 2.37. The van der Waals surface area contributed by atoms with Crippen molar-refractivity contribution < 1.29 is 13.2 Å². The van der Waals surface area contributed by atoms with E-state index < -0.39 is 17.8 Å². The van der Waals surface area contributed by atoms with Crippen molar-refractivity contribution in [3.63, 3.8) is 0 Å². The Hall–Kier alpha value is -1.03. The van der Waals surface area contributed by atoms with E-state index in [0.717, 1.165) is 6.07 Å². The number of nitrogens with two attached hydrogens (primary N) is 1. The first-order valence-electron chi connectivity index (χ1n) is 6.45. The Morgan fingerprint density at radius 2 is 1.63 bits per heavy atom. The van der Waals surface area contributed by atoms with Crippen molar-refractivity contribution in [3.05, 3.63) is 35.4 Å². The van der Waals surface area contributed by atoms with Crippen molar-refractivity contribution in [1.29, 1.82) is 0 Å². The van der Waals surface area contributed by atoms with E-state index in [1.807, 2.05) is 6.92 Å². The second-order valence-electron chi connectivity index (χ2n) is 6.19. The highest BCUT2D eigenvalue weighted by Gasteiger charge is 2.35. The number of hydrogen-bond donors (Lipinski definition) is 1. The van der Waals surface area contributed by atoms with Crippen LogP contribution in [0.3, 0.4) is 0 Å². The maximum Gasteiger partial charge on any atom is 0.416 e. The summed E-state index contributed by atoms with van der Waals surface area (Å²) in [4.78, 5) is 0. The molecule has 0 saturated heterocycles. The fourth-order valence-corrected chi connectivity index (χ4v) is 1.94. The lowest BCUT2D eigenvalue weighted by Crippen LogP contribution is -2.25. The fraction of sp³-hybridized carbons (Fsp3) is 0.600. The van der Waals surface area contributed by atoms with E-state index in [1.165, 1.54) is 12.1 Å². The highest BCUT2D eigenvalue weighted by molar-refractivity contribution is 5.32. The molecule has 0 radical (unpaired) electrons. The first-order chi connectivity index (χ1) is 8.53. The van der Waals surface area contributed by atoms with E-state index in [9.17, 15) is 13.2 Å². The van der Waals surface area contributed by atoms with Crippen molar-refractivity contribution in [1.82, 2.24) is 0 Å². The zero-order chi connectivity index (χ0) is 14.8. The zero-order valence-electron chi connectivity index (χ0n) is 11.9. The summed E-state index contributed by atoms with van der Waals surface area (Å²) >= 11 is 0. The lowest BCUT2D eigenvalue weighted by molar-refractivity contribution is -0.138. The van der Waals surface area contributed by atoms with Gasteiger partial charge in [-0.2, -0.15) is 13.2 Å². The van der Waals surface area contributed by atoms with Crippen LogP contribution in [0.1, 0.15) is 51.3 Å². The molecular weight excluding hydrogens is 251 g/mol. The number of hydrogen-bond acceptors (Lipinski definition) is 1. The summed E-state index contributed by atoms with van der Waals surface area (Å²) in [6.07, 6.45) is -3.81. The summed E-state index contributed by atoms with van der Waals surface area (Å²) in [6.45, 7) is 8.23. The molecule has 1 rings (SSSR count). The first kappa shape index (κ1) is 16.0. The molecule has 0 aliphatic carbocycles. The molecular formula is C15H22F3N. The van der Waals surface area contributed by atoms with Gasteiger partial charge < -0.3 is 5.73 Å². The molecule has 0 bridgehead atoms. The van der Waals surface area contributed by atoms with E-state index in [1.54, 1.807) is 6.07 Å². The quantitative estimate of drug-likeness (QED) is 0.842. The third-order valence-corrected chi connectivity index (χ3v) is 3.75. The lowest BCUT2D eigenvalue weighted by atomic mass is 9.77. The molecule has 0 saturated carbocycles. The summed E-state index contributed by atoms with van der Waals surface area (Å²) in [5.41, 5.74) is 5.59. The molecule has 1 aromatic rings. The molecule has 2 N–H and O–H groups in total. The number of alkyl halides is 3. The van der Waals surface area contributed by atoms with E-state index >= 15 is 0 Å². The van der Waals surface area contributed by atoms with Crippen LogP contribution in [0.5, 0.6) is 0 Å². The van der Waals surface area contributed by atoms with Gasteiger partial charge >= 0.3 is 6.18 Å². The fourth-order valence-electron chi connectivity index (χ4n) is 1.94. The van der Waals surface area contributed by atoms with Gasteiger partial charge in [-0.1, -0.05) is 45.9 Å². The van der Waals surface area contributed by atoms with Gasteiger partial charge in [0, 0.05) is 6.04 Å². The van der Waals surface area contributed by atoms with Crippen molar-refractivity contribution in [2.75, 3.05) is 0 Å². The second-order valence-corrected chi connectivity index (χ2v) is 6.19. The van der Waals surface area contributed by atoms with Gasteiger partial charge in [-0.05, 0) is 29.4 Å². The Morgan fingerprint density at radius 3 is 2.11 bits per heavy atom. The molecule has 108 valence electrons. The number of rotatable bonds is 3. The predicted octanol–water partition coefficient (Wildman–Crippen LogP) is 4.78. The van der Waals surface area contributed by atoms with Crippen molar-refractivity contribution >= 4 is 0 Å². The Bertz CT molecular complexity index is 418. The standard InChI is InChI=1S/C15H22F3N/c1-10(14(2,3)4)9-13(19)11-7-5-6-8-12(11)15(16,17)18/h5-8,10,13H,9,19H2,1-4H3. The van der Waals surface area contributed by atoms with E-state index in [4.69, 9.17) is 5.73 Å². The molecule has 0 fully saturated rings. The van der Waals surface area contributed by atoms with E-state index in [0.29, 0.717) is 6.42 Å². The Balaban J connectivity index is 2.98. The minimum atomic E-state index is -4.35. The summed E-state index contributed by atoms with van der Waals surface area (Å²) < 4.78 is 38.8. The maximum absolute atomic E-state index is 12.9. The molecule has 0 heterocycles. The minimum absolute atomic E-state index is 0.0325. The normalized spacial score (nSPS) is 16.2. The highest BCUT2D eigenvalue weighted by atomic mass is 19.4. The van der Waals surface area contributed by atoms with Crippen LogP contribution in [0.15, 0.2) is 24.3 Å². The van der Waals surface area contributed by atoms with Crippen LogP contribution in [0.25, 0.3) is 0 Å². The van der Waals surface area contributed by atoms with Gasteiger partial charge in [0.15, 0.2) is 0 Å². The lowest BCUT2D eigenvalue weighted by Gasteiger charge is -2.30. The topological polar surface area (TPSA) is 26.0 Å². The largest absolute Gasteiger partial charge is 0.416 e. The SMILES string of the molecule is CC(CC(N)c1ccccc1C(F)(F)F)C(C)(C)C.